The number of nitrogens with zero attached hydrogens (tertiary/aromatic N) is 1. The van der Waals surface area contributed by atoms with Crippen molar-refractivity contribution in [1.82, 2.24) is 0 Å². The molecule has 0 aromatic heterocycles. The van der Waals surface area contributed by atoms with Crippen LogP contribution in [0, 0.1) is 25.2 Å². The number of rotatable bonds is 7. The van der Waals surface area contributed by atoms with Crippen molar-refractivity contribution in [2.24, 2.45) is 0 Å². The van der Waals surface area contributed by atoms with Gasteiger partial charge in [-0.05, 0) is 68.2 Å². The number of amides is 1. The summed E-state index contributed by atoms with van der Waals surface area (Å²) in [4.78, 5) is 12.6. The van der Waals surface area contributed by atoms with Crippen LogP contribution in [0.1, 0.15) is 37.0 Å². The SMILES string of the molecule is CCC(C)Oc1c(Cl)cc(C=C(C#N)C(=O)Nc2cccc(C)c2C)cc1OC. The lowest BCUT2D eigenvalue weighted by Gasteiger charge is -2.17. The quantitative estimate of drug-likeness (QED) is 0.468. The van der Waals surface area contributed by atoms with Gasteiger partial charge < -0.3 is 14.8 Å². The molecule has 0 saturated heterocycles. The first-order valence-electron chi connectivity index (χ1n) is 9.34. The zero-order valence-corrected chi connectivity index (χ0v) is 18.1. The molecule has 5 nitrogen and oxygen atoms in total. The number of aryl methyl sites for hydroxylation is 1. The highest BCUT2D eigenvalue weighted by Gasteiger charge is 2.16. The predicted molar refractivity (Wildman–Crippen MR) is 117 cm³/mol. The molecule has 1 N–H and O–H groups in total. The molecule has 0 bridgehead atoms. The Labute approximate surface area is 176 Å². The Morgan fingerprint density at radius 2 is 2.07 bits per heavy atom. The minimum Gasteiger partial charge on any atom is -0.493 e. The number of carbonyl (C=O) groups excluding carboxylic acids is 1. The minimum absolute atomic E-state index is 0.0270. The van der Waals surface area contributed by atoms with Crippen LogP contribution in [0.3, 0.4) is 0 Å². The fraction of sp³-hybridized carbons (Fsp3) is 0.304. The second-order valence-electron chi connectivity index (χ2n) is 6.74. The van der Waals surface area contributed by atoms with Crippen molar-refractivity contribution < 1.29 is 14.3 Å². The summed E-state index contributed by atoms with van der Waals surface area (Å²) in [6.07, 6.45) is 2.26. The Hall–Kier alpha value is -2.97. The van der Waals surface area contributed by atoms with Crippen molar-refractivity contribution in [1.29, 1.82) is 5.26 Å². The Balaban J connectivity index is 2.34. The zero-order valence-electron chi connectivity index (χ0n) is 17.3. The first-order valence-corrected chi connectivity index (χ1v) is 9.72. The summed E-state index contributed by atoms with van der Waals surface area (Å²) >= 11 is 6.37. The standard InChI is InChI=1S/C23H25ClN2O3/c1-6-15(3)29-22-19(24)11-17(12-21(22)28-5)10-18(13-25)23(27)26-20-9-7-8-14(2)16(20)4/h7-12,15H,6H2,1-5H3,(H,26,27). The number of anilines is 1. The van der Waals surface area contributed by atoms with Gasteiger partial charge in [-0.2, -0.15) is 5.26 Å². The number of methoxy groups -OCH3 is 1. The molecule has 152 valence electrons. The van der Waals surface area contributed by atoms with Gasteiger partial charge in [-0.1, -0.05) is 30.7 Å². The summed E-state index contributed by atoms with van der Waals surface area (Å²) in [5.74, 6) is 0.395. The highest BCUT2D eigenvalue weighted by Crippen LogP contribution is 2.38. The number of nitrogens with one attached hydrogen (secondary N) is 1. The van der Waals surface area contributed by atoms with Crippen LogP contribution in [0.15, 0.2) is 35.9 Å². The second kappa shape index (κ2) is 9.99. The van der Waals surface area contributed by atoms with Crippen LogP contribution in [0.5, 0.6) is 11.5 Å². The van der Waals surface area contributed by atoms with E-state index < -0.39 is 5.91 Å². The van der Waals surface area contributed by atoms with Gasteiger partial charge in [0, 0.05) is 5.69 Å². The van der Waals surface area contributed by atoms with Crippen molar-refractivity contribution in [3.63, 3.8) is 0 Å². The topological polar surface area (TPSA) is 71.3 Å². The number of nitriles is 1. The van der Waals surface area contributed by atoms with Crippen molar-refractivity contribution in [2.75, 3.05) is 12.4 Å². The third-order valence-corrected chi connectivity index (χ3v) is 4.96. The molecular weight excluding hydrogens is 388 g/mol. The van der Waals surface area contributed by atoms with Gasteiger partial charge in [-0.3, -0.25) is 4.79 Å². The summed E-state index contributed by atoms with van der Waals surface area (Å²) < 4.78 is 11.2. The molecule has 0 aliphatic carbocycles. The van der Waals surface area contributed by atoms with E-state index in [-0.39, 0.29) is 11.7 Å². The third-order valence-electron chi connectivity index (χ3n) is 4.67. The number of hydrogen-bond acceptors (Lipinski definition) is 4. The van der Waals surface area contributed by atoms with Crippen LogP contribution in [0.4, 0.5) is 5.69 Å². The molecule has 0 saturated carbocycles. The van der Waals surface area contributed by atoms with Gasteiger partial charge in [0.1, 0.15) is 11.6 Å². The van der Waals surface area contributed by atoms with Gasteiger partial charge in [0.05, 0.1) is 18.2 Å². The number of halogens is 1. The van der Waals surface area contributed by atoms with Crippen LogP contribution in [-0.2, 0) is 4.79 Å². The van der Waals surface area contributed by atoms with E-state index in [9.17, 15) is 10.1 Å². The second-order valence-corrected chi connectivity index (χ2v) is 7.15. The molecule has 0 heterocycles. The van der Waals surface area contributed by atoms with Crippen molar-refractivity contribution in [3.05, 3.63) is 57.6 Å². The molecule has 0 fully saturated rings. The Bertz CT molecular complexity index is 977. The van der Waals surface area contributed by atoms with E-state index in [4.69, 9.17) is 21.1 Å². The minimum atomic E-state index is -0.490. The molecule has 1 amide bonds. The Morgan fingerprint density at radius 3 is 2.69 bits per heavy atom. The van der Waals surface area contributed by atoms with Gasteiger partial charge in [0.2, 0.25) is 0 Å². The lowest BCUT2D eigenvalue weighted by Crippen LogP contribution is -2.14. The van der Waals surface area contributed by atoms with E-state index in [2.05, 4.69) is 5.32 Å². The maximum Gasteiger partial charge on any atom is 0.266 e. The van der Waals surface area contributed by atoms with Gasteiger partial charge in [0.25, 0.3) is 5.91 Å². The number of hydrogen-bond donors (Lipinski definition) is 1. The normalized spacial score (nSPS) is 12.1. The van der Waals surface area contributed by atoms with Crippen molar-refractivity contribution in [2.45, 2.75) is 40.2 Å². The maximum atomic E-state index is 12.6. The molecule has 0 spiro atoms. The van der Waals surface area contributed by atoms with Crippen LogP contribution in [0.25, 0.3) is 6.08 Å². The number of carbonyl (C=O) groups is 1. The number of ether oxygens (including phenoxy) is 2. The molecule has 0 aliphatic heterocycles. The zero-order chi connectivity index (χ0) is 21.6. The van der Waals surface area contributed by atoms with E-state index in [1.807, 2.05) is 45.9 Å². The molecule has 0 radical (unpaired) electrons. The summed E-state index contributed by atoms with van der Waals surface area (Å²) in [5, 5.41) is 12.6. The lowest BCUT2D eigenvalue weighted by atomic mass is 10.1. The van der Waals surface area contributed by atoms with E-state index in [0.29, 0.717) is 27.8 Å². The van der Waals surface area contributed by atoms with Gasteiger partial charge in [-0.25, -0.2) is 0 Å². The summed E-state index contributed by atoms with van der Waals surface area (Å²) in [6, 6.07) is 10.9. The largest absolute Gasteiger partial charge is 0.493 e. The predicted octanol–water partition coefficient (Wildman–Crippen LogP) is 5.69. The monoisotopic (exact) mass is 412 g/mol. The molecule has 2 rings (SSSR count). The van der Waals surface area contributed by atoms with Crippen LogP contribution < -0.4 is 14.8 Å². The average Bonchev–Trinajstić information content (AvgIpc) is 2.70. The van der Waals surface area contributed by atoms with Gasteiger partial charge >= 0.3 is 0 Å². The van der Waals surface area contributed by atoms with Crippen LogP contribution in [-0.4, -0.2) is 19.1 Å². The smallest absolute Gasteiger partial charge is 0.266 e. The highest BCUT2D eigenvalue weighted by atomic mass is 35.5. The maximum absolute atomic E-state index is 12.6. The fourth-order valence-electron chi connectivity index (χ4n) is 2.61. The van der Waals surface area contributed by atoms with Crippen molar-refractivity contribution >= 4 is 29.3 Å². The molecular formula is C23H25ClN2O3. The molecule has 2 aromatic rings. The van der Waals surface area contributed by atoms with Gasteiger partial charge in [0.15, 0.2) is 11.5 Å². The summed E-state index contributed by atoms with van der Waals surface area (Å²) in [5.41, 5.74) is 3.20. The van der Waals surface area contributed by atoms with Gasteiger partial charge in [-0.15, -0.1) is 0 Å². The number of benzene rings is 2. The van der Waals surface area contributed by atoms with Crippen LogP contribution >= 0.6 is 11.6 Å². The lowest BCUT2D eigenvalue weighted by molar-refractivity contribution is -0.112. The molecule has 1 unspecified atom stereocenters. The van der Waals surface area contributed by atoms with E-state index in [0.717, 1.165) is 17.5 Å². The summed E-state index contributed by atoms with van der Waals surface area (Å²) in [7, 11) is 1.51. The summed E-state index contributed by atoms with van der Waals surface area (Å²) in [6.45, 7) is 7.83. The Kier molecular flexibility index (Phi) is 7.69. The fourth-order valence-corrected chi connectivity index (χ4v) is 2.88. The average molecular weight is 413 g/mol. The van der Waals surface area contributed by atoms with Crippen LogP contribution in [0.2, 0.25) is 5.02 Å². The third kappa shape index (κ3) is 5.52. The highest BCUT2D eigenvalue weighted by molar-refractivity contribution is 6.32. The van der Waals surface area contributed by atoms with E-state index in [1.54, 1.807) is 18.2 Å². The molecule has 6 heteroatoms. The Morgan fingerprint density at radius 1 is 1.34 bits per heavy atom. The van der Waals surface area contributed by atoms with Crippen molar-refractivity contribution in [3.8, 4) is 17.6 Å². The molecule has 0 aliphatic rings. The molecule has 2 aromatic carbocycles. The van der Waals surface area contributed by atoms with E-state index in [1.165, 1.54) is 13.2 Å². The first-order chi connectivity index (χ1) is 13.8. The molecule has 1 atom stereocenters. The first kappa shape index (κ1) is 22.3. The van der Waals surface area contributed by atoms with E-state index >= 15 is 0 Å². The molecule has 29 heavy (non-hydrogen) atoms.